The van der Waals surface area contributed by atoms with Crippen molar-refractivity contribution in [3.05, 3.63) is 35.4 Å². The van der Waals surface area contributed by atoms with Crippen LogP contribution in [0.5, 0.6) is 0 Å². The van der Waals surface area contributed by atoms with Gasteiger partial charge in [-0.15, -0.1) is 0 Å². The number of carbonyl (C=O) groups excluding carboxylic acids is 1. The summed E-state index contributed by atoms with van der Waals surface area (Å²) in [7, 11) is 0. The van der Waals surface area contributed by atoms with E-state index in [0.717, 1.165) is 45.2 Å². The molecular weight excluding hydrogens is 210 g/mol. The highest BCUT2D eigenvalue weighted by atomic mass is 16.1. The van der Waals surface area contributed by atoms with Crippen LogP contribution in [0.2, 0.25) is 0 Å². The number of carbonyl (C=O) groups is 1. The van der Waals surface area contributed by atoms with Gasteiger partial charge in [-0.3, -0.25) is 4.79 Å². The molecule has 0 fully saturated rings. The van der Waals surface area contributed by atoms with Crippen LogP contribution in [0, 0.1) is 6.92 Å². The van der Waals surface area contributed by atoms with E-state index in [1.165, 1.54) is 11.1 Å². The summed E-state index contributed by atoms with van der Waals surface area (Å²) in [5.74, 6) is 0. The fourth-order valence-corrected chi connectivity index (χ4v) is 1.94. The van der Waals surface area contributed by atoms with Gasteiger partial charge in [-0.1, -0.05) is 37.6 Å². The molecule has 1 rings (SSSR count). The van der Waals surface area contributed by atoms with Gasteiger partial charge in [0, 0.05) is 13.1 Å². The van der Waals surface area contributed by atoms with Gasteiger partial charge in [-0.2, -0.15) is 0 Å². The Bertz CT molecular complexity index is 335. The Balaban J connectivity index is 2.31. The molecule has 0 saturated heterocycles. The molecule has 0 aliphatic rings. The largest absolute Gasteiger partial charge is 0.345 e. The second-order valence-electron chi connectivity index (χ2n) is 4.52. The first kappa shape index (κ1) is 13.8. The molecule has 0 N–H and O–H groups in total. The lowest BCUT2D eigenvalue weighted by atomic mass is 10.0. The minimum absolute atomic E-state index is 0.873. The Morgan fingerprint density at radius 3 is 2.53 bits per heavy atom. The molecule has 0 unspecified atom stereocenters. The van der Waals surface area contributed by atoms with Crippen molar-refractivity contribution in [3.63, 3.8) is 0 Å². The number of amides is 1. The van der Waals surface area contributed by atoms with Crippen LogP contribution < -0.4 is 0 Å². The van der Waals surface area contributed by atoms with Crippen LogP contribution in [-0.2, 0) is 11.2 Å². The minimum Gasteiger partial charge on any atom is -0.345 e. The first-order chi connectivity index (χ1) is 8.27. The standard InChI is InChI=1S/C15H23NO/c1-3-4-11-16(13-17)12-7-10-15-9-6-5-8-14(15)2/h5-6,8-9,13H,3-4,7,10-12H2,1-2H3. The molecule has 2 heteroatoms. The second-order valence-corrected chi connectivity index (χ2v) is 4.52. The van der Waals surface area contributed by atoms with E-state index in [1.54, 1.807) is 0 Å². The molecule has 0 aromatic heterocycles. The van der Waals surface area contributed by atoms with Gasteiger partial charge in [-0.25, -0.2) is 0 Å². The van der Waals surface area contributed by atoms with Crippen molar-refractivity contribution in [2.75, 3.05) is 13.1 Å². The van der Waals surface area contributed by atoms with E-state index in [-0.39, 0.29) is 0 Å². The third-order valence-corrected chi connectivity index (χ3v) is 3.10. The Labute approximate surface area is 105 Å². The molecule has 0 atom stereocenters. The molecule has 0 heterocycles. The van der Waals surface area contributed by atoms with Gasteiger partial charge in [0.25, 0.3) is 0 Å². The van der Waals surface area contributed by atoms with Crippen molar-refractivity contribution >= 4 is 6.41 Å². The molecule has 94 valence electrons. The number of hydrogen-bond acceptors (Lipinski definition) is 1. The van der Waals surface area contributed by atoms with Gasteiger partial charge in [-0.05, 0) is 37.3 Å². The first-order valence-corrected chi connectivity index (χ1v) is 6.51. The molecule has 0 aliphatic heterocycles. The summed E-state index contributed by atoms with van der Waals surface area (Å²) in [5.41, 5.74) is 2.74. The monoisotopic (exact) mass is 233 g/mol. The van der Waals surface area contributed by atoms with E-state index >= 15 is 0 Å². The maximum atomic E-state index is 10.8. The predicted molar refractivity (Wildman–Crippen MR) is 72.0 cm³/mol. The lowest BCUT2D eigenvalue weighted by Crippen LogP contribution is -2.24. The van der Waals surface area contributed by atoms with Crippen molar-refractivity contribution in [3.8, 4) is 0 Å². The Hall–Kier alpha value is -1.31. The molecule has 1 aromatic carbocycles. The third-order valence-electron chi connectivity index (χ3n) is 3.10. The van der Waals surface area contributed by atoms with Crippen molar-refractivity contribution in [1.29, 1.82) is 0 Å². The molecule has 0 aliphatic carbocycles. The van der Waals surface area contributed by atoms with Crippen molar-refractivity contribution in [1.82, 2.24) is 4.90 Å². The molecule has 1 aromatic rings. The third kappa shape index (κ3) is 5.03. The maximum absolute atomic E-state index is 10.8. The zero-order valence-electron chi connectivity index (χ0n) is 11.0. The van der Waals surface area contributed by atoms with Crippen molar-refractivity contribution < 1.29 is 4.79 Å². The van der Waals surface area contributed by atoms with Crippen LogP contribution in [-0.4, -0.2) is 24.4 Å². The summed E-state index contributed by atoms with van der Waals surface area (Å²) < 4.78 is 0. The SMILES string of the molecule is CCCCN(C=O)CCCc1ccccc1C. The number of hydrogen-bond donors (Lipinski definition) is 0. The highest BCUT2D eigenvalue weighted by Crippen LogP contribution is 2.09. The second kappa shape index (κ2) is 7.88. The van der Waals surface area contributed by atoms with Crippen molar-refractivity contribution in [2.45, 2.75) is 39.5 Å². The maximum Gasteiger partial charge on any atom is 0.209 e. The zero-order chi connectivity index (χ0) is 12.5. The van der Waals surface area contributed by atoms with E-state index in [1.807, 2.05) is 4.90 Å². The van der Waals surface area contributed by atoms with Crippen LogP contribution >= 0.6 is 0 Å². The molecule has 0 bridgehead atoms. The van der Waals surface area contributed by atoms with Gasteiger partial charge in [0.05, 0.1) is 0 Å². The van der Waals surface area contributed by atoms with E-state index in [2.05, 4.69) is 38.1 Å². The molecule has 2 nitrogen and oxygen atoms in total. The summed E-state index contributed by atoms with van der Waals surface area (Å²) in [6, 6.07) is 8.46. The highest BCUT2D eigenvalue weighted by Gasteiger charge is 2.02. The summed E-state index contributed by atoms with van der Waals surface area (Å²) in [6.45, 7) is 6.06. The van der Waals surface area contributed by atoms with E-state index < -0.39 is 0 Å². The topological polar surface area (TPSA) is 20.3 Å². The normalized spacial score (nSPS) is 10.2. The lowest BCUT2D eigenvalue weighted by molar-refractivity contribution is -0.118. The Kier molecular flexibility index (Phi) is 6.38. The average Bonchev–Trinajstić information content (AvgIpc) is 2.35. The molecule has 0 radical (unpaired) electrons. The Morgan fingerprint density at radius 2 is 1.88 bits per heavy atom. The lowest BCUT2D eigenvalue weighted by Gasteiger charge is -2.16. The molecule has 1 amide bonds. The number of rotatable bonds is 8. The first-order valence-electron chi connectivity index (χ1n) is 6.51. The van der Waals surface area contributed by atoms with Gasteiger partial charge in [0.1, 0.15) is 0 Å². The molecule has 0 saturated carbocycles. The number of nitrogens with zero attached hydrogens (tertiary/aromatic N) is 1. The van der Waals surface area contributed by atoms with E-state index in [0.29, 0.717) is 0 Å². The minimum atomic E-state index is 0.873. The quantitative estimate of drug-likeness (QED) is 0.631. The Morgan fingerprint density at radius 1 is 1.18 bits per heavy atom. The fraction of sp³-hybridized carbons (Fsp3) is 0.533. The predicted octanol–water partition coefficient (Wildman–Crippen LogP) is 3.19. The summed E-state index contributed by atoms with van der Waals surface area (Å²) in [6.07, 6.45) is 5.33. The van der Waals surface area contributed by atoms with Crippen molar-refractivity contribution in [2.24, 2.45) is 0 Å². The average molecular weight is 233 g/mol. The van der Waals surface area contributed by atoms with E-state index in [4.69, 9.17) is 0 Å². The van der Waals surface area contributed by atoms with Gasteiger partial charge < -0.3 is 4.90 Å². The van der Waals surface area contributed by atoms with Crippen LogP contribution in [0.3, 0.4) is 0 Å². The summed E-state index contributed by atoms with van der Waals surface area (Å²) in [4.78, 5) is 12.7. The highest BCUT2D eigenvalue weighted by molar-refractivity contribution is 5.46. The fourth-order valence-electron chi connectivity index (χ4n) is 1.94. The summed E-state index contributed by atoms with van der Waals surface area (Å²) in [5, 5.41) is 0. The van der Waals surface area contributed by atoms with Crippen LogP contribution in [0.1, 0.15) is 37.3 Å². The molecular formula is C15H23NO. The molecule has 17 heavy (non-hydrogen) atoms. The van der Waals surface area contributed by atoms with E-state index in [9.17, 15) is 4.79 Å². The van der Waals surface area contributed by atoms with Crippen LogP contribution in [0.15, 0.2) is 24.3 Å². The van der Waals surface area contributed by atoms with Gasteiger partial charge >= 0.3 is 0 Å². The summed E-state index contributed by atoms with van der Waals surface area (Å²) >= 11 is 0. The molecule has 0 spiro atoms. The zero-order valence-corrected chi connectivity index (χ0v) is 11.0. The number of benzene rings is 1. The van der Waals surface area contributed by atoms with Crippen LogP contribution in [0.4, 0.5) is 0 Å². The smallest absolute Gasteiger partial charge is 0.209 e. The number of aryl methyl sites for hydroxylation is 2. The number of unbranched alkanes of at least 4 members (excludes halogenated alkanes) is 1. The van der Waals surface area contributed by atoms with Gasteiger partial charge in [0.15, 0.2) is 0 Å². The van der Waals surface area contributed by atoms with Crippen LogP contribution in [0.25, 0.3) is 0 Å². The van der Waals surface area contributed by atoms with Gasteiger partial charge in [0.2, 0.25) is 6.41 Å².